The lowest BCUT2D eigenvalue weighted by Gasteiger charge is -2.35. The second-order valence-corrected chi connectivity index (χ2v) is 6.69. The van der Waals surface area contributed by atoms with E-state index in [1.165, 1.54) is 38.2 Å². The van der Waals surface area contributed by atoms with Crippen LogP contribution in [0.25, 0.3) is 0 Å². The Hall–Kier alpha value is -0.600. The number of benzene rings is 1. The van der Waals surface area contributed by atoms with E-state index in [4.69, 9.17) is 11.6 Å². The maximum absolute atomic E-state index is 13.6. The van der Waals surface area contributed by atoms with Gasteiger partial charge in [0, 0.05) is 11.1 Å². The van der Waals surface area contributed by atoms with E-state index in [0.29, 0.717) is 10.9 Å². The third-order valence-corrected chi connectivity index (χ3v) is 5.19. The fourth-order valence-electron chi connectivity index (χ4n) is 3.51. The SMILES string of the molecule is CCCNC(c1cc(F)ccc1Cl)C1CCC(CC)CC1. The number of halogens is 2. The number of hydrogen-bond donors (Lipinski definition) is 1. The first-order valence-electron chi connectivity index (χ1n) is 8.34. The third-order valence-electron chi connectivity index (χ3n) is 4.85. The summed E-state index contributed by atoms with van der Waals surface area (Å²) >= 11 is 6.34. The van der Waals surface area contributed by atoms with Crippen molar-refractivity contribution in [2.75, 3.05) is 6.54 Å². The third kappa shape index (κ3) is 4.43. The lowest BCUT2D eigenvalue weighted by molar-refractivity contribution is 0.218. The van der Waals surface area contributed by atoms with Crippen LogP contribution in [-0.2, 0) is 0 Å². The molecule has 1 aliphatic carbocycles. The first kappa shape index (κ1) is 16.8. The molecule has 0 heterocycles. The molecule has 0 saturated heterocycles. The molecule has 118 valence electrons. The van der Waals surface area contributed by atoms with Gasteiger partial charge in [-0.2, -0.15) is 0 Å². The smallest absolute Gasteiger partial charge is 0.123 e. The van der Waals surface area contributed by atoms with Crippen molar-refractivity contribution in [3.05, 3.63) is 34.6 Å². The zero-order valence-corrected chi connectivity index (χ0v) is 13.9. The van der Waals surface area contributed by atoms with Gasteiger partial charge in [-0.25, -0.2) is 4.39 Å². The topological polar surface area (TPSA) is 12.0 Å². The van der Waals surface area contributed by atoms with E-state index in [-0.39, 0.29) is 11.9 Å². The van der Waals surface area contributed by atoms with Crippen molar-refractivity contribution in [3.8, 4) is 0 Å². The minimum atomic E-state index is -0.194. The molecule has 0 aromatic heterocycles. The van der Waals surface area contributed by atoms with Gasteiger partial charge in [-0.05, 0) is 61.4 Å². The van der Waals surface area contributed by atoms with E-state index in [1.54, 1.807) is 12.1 Å². The van der Waals surface area contributed by atoms with Gasteiger partial charge in [0.05, 0.1) is 0 Å². The Labute approximate surface area is 133 Å². The number of hydrogen-bond acceptors (Lipinski definition) is 1. The first-order chi connectivity index (χ1) is 10.2. The van der Waals surface area contributed by atoms with Crippen molar-refractivity contribution in [3.63, 3.8) is 0 Å². The Morgan fingerprint density at radius 3 is 2.57 bits per heavy atom. The maximum atomic E-state index is 13.6. The average Bonchev–Trinajstić information content (AvgIpc) is 2.51. The van der Waals surface area contributed by atoms with Crippen LogP contribution >= 0.6 is 11.6 Å². The molecule has 1 nitrogen and oxygen atoms in total. The normalized spacial score (nSPS) is 24.0. The molecule has 1 aromatic carbocycles. The fourth-order valence-corrected chi connectivity index (χ4v) is 3.75. The molecule has 0 aliphatic heterocycles. The predicted molar refractivity (Wildman–Crippen MR) is 88.2 cm³/mol. The molecular formula is C18H27ClFN. The molecule has 1 N–H and O–H groups in total. The monoisotopic (exact) mass is 311 g/mol. The van der Waals surface area contributed by atoms with Gasteiger partial charge in [-0.1, -0.05) is 44.7 Å². The summed E-state index contributed by atoms with van der Waals surface area (Å²) in [5.74, 6) is 1.25. The summed E-state index contributed by atoms with van der Waals surface area (Å²) < 4.78 is 13.6. The van der Waals surface area contributed by atoms with Gasteiger partial charge in [0.2, 0.25) is 0 Å². The van der Waals surface area contributed by atoms with Crippen LogP contribution in [0.4, 0.5) is 4.39 Å². The molecule has 0 radical (unpaired) electrons. The zero-order valence-electron chi connectivity index (χ0n) is 13.2. The predicted octanol–water partition coefficient (Wildman–Crippen LogP) is 5.74. The van der Waals surface area contributed by atoms with E-state index < -0.39 is 0 Å². The van der Waals surface area contributed by atoms with Crippen LogP contribution in [0.3, 0.4) is 0 Å². The lowest BCUT2D eigenvalue weighted by Crippen LogP contribution is -2.32. The van der Waals surface area contributed by atoms with E-state index in [2.05, 4.69) is 19.2 Å². The first-order valence-corrected chi connectivity index (χ1v) is 8.71. The largest absolute Gasteiger partial charge is 0.310 e. The van der Waals surface area contributed by atoms with Gasteiger partial charge in [-0.15, -0.1) is 0 Å². The second-order valence-electron chi connectivity index (χ2n) is 6.29. The van der Waals surface area contributed by atoms with E-state index in [9.17, 15) is 4.39 Å². The van der Waals surface area contributed by atoms with Crippen molar-refractivity contribution in [1.82, 2.24) is 5.32 Å². The highest BCUT2D eigenvalue weighted by Crippen LogP contribution is 2.39. The minimum Gasteiger partial charge on any atom is -0.310 e. The van der Waals surface area contributed by atoms with Crippen molar-refractivity contribution in [2.45, 2.75) is 58.4 Å². The lowest BCUT2D eigenvalue weighted by atomic mass is 9.76. The highest BCUT2D eigenvalue weighted by atomic mass is 35.5. The van der Waals surface area contributed by atoms with Gasteiger partial charge in [-0.3, -0.25) is 0 Å². The van der Waals surface area contributed by atoms with Crippen molar-refractivity contribution in [1.29, 1.82) is 0 Å². The summed E-state index contributed by atoms with van der Waals surface area (Å²) in [5.41, 5.74) is 0.935. The van der Waals surface area contributed by atoms with E-state index >= 15 is 0 Å². The maximum Gasteiger partial charge on any atom is 0.123 e. The molecule has 1 aromatic rings. The highest BCUT2D eigenvalue weighted by molar-refractivity contribution is 6.31. The number of nitrogens with one attached hydrogen (secondary N) is 1. The molecule has 3 heteroatoms. The molecule has 1 fully saturated rings. The van der Waals surface area contributed by atoms with Crippen LogP contribution in [0.2, 0.25) is 5.02 Å². The van der Waals surface area contributed by atoms with Crippen molar-refractivity contribution < 1.29 is 4.39 Å². The Balaban J connectivity index is 2.16. The summed E-state index contributed by atoms with van der Waals surface area (Å²) in [7, 11) is 0. The van der Waals surface area contributed by atoms with Gasteiger partial charge in [0.15, 0.2) is 0 Å². The Bertz CT molecular complexity index is 441. The van der Waals surface area contributed by atoms with Crippen LogP contribution in [0, 0.1) is 17.7 Å². The standard InChI is InChI=1S/C18H27ClFN/c1-3-11-21-18(14-7-5-13(4-2)6-8-14)16-12-15(20)9-10-17(16)19/h9-10,12-14,18,21H,3-8,11H2,1-2H3. The molecule has 1 atom stereocenters. The van der Waals surface area contributed by atoms with Crippen molar-refractivity contribution >= 4 is 11.6 Å². The van der Waals surface area contributed by atoms with Gasteiger partial charge >= 0.3 is 0 Å². The highest BCUT2D eigenvalue weighted by Gasteiger charge is 2.29. The summed E-state index contributed by atoms with van der Waals surface area (Å²) in [6.07, 6.45) is 7.37. The van der Waals surface area contributed by atoms with Gasteiger partial charge in [0.25, 0.3) is 0 Å². The summed E-state index contributed by atoms with van der Waals surface area (Å²) in [6.45, 7) is 5.39. The van der Waals surface area contributed by atoms with Crippen LogP contribution < -0.4 is 5.32 Å². The van der Waals surface area contributed by atoms with Crippen LogP contribution in [0.15, 0.2) is 18.2 Å². The Morgan fingerprint density at radius 2 is 1.95 bits per heavy atom. The fraction of sp³-hybridized carbons (Fsp3) is 0.667. The molecular weight excluding hydrogens is 285 g/mol. The summed E-state index contributed by atoms with van der Waals surface area (Å²) in [4.78, 5) is 0. The molecule has 0 amide bonds. The second kappa shape index (κ2) is 8.14. The zero-order chi connectivity index (χ0) is 15.2. The van der Waals surface area contributed by atoms with Gasteiger partial charge in [0.1, 0.15) is 5.82 Å². The molecule has 1 aliphatic rings. The van der Waals surface area contributed by atoms with Crippen molar-refractivity contribution in [2.24, 2.45) is 11.8 Å². The summed E-state index contributed by atoms with van der Waals surface area (Å²) in [6, 6.07) is 4.92. The van der Waals surface area contributed by atoms with Crippen LogP contribution in [0.5, 0.6) is 0 Å². The quantitative estimate of drug-likeness (QED) is 0.706. The molecule has 1 saturated carbocycles. The summed E-state index contributed by atoms with van der Waals surface area (Å²) in [5, 5.41) is 4.29. The molecule has 21 heavy (non-hydrogen) atoms. The van der Waals surface area contributed by atoms with Gasteiger partial charge < -0.3 is 5.32 Å². The van der Waals surface area contributed by atoms with E-state index in [1.807, 2.05) is 0 Å². The Kier molecular flexibility index (Phi) is 6.50. The van der Waals surface area contributed by atoms with E-state index in [0.717, 1.165) is 24.4 Å². The van der Waals surface area contributed by atoms with Crippen LogP contribution in [0.1, 0.15) is 64.0 Å². The molecule has 0 bridgehead atoms. The molecule has 1 unspecified atom stereocenters. The molecule has 2 rings (SSSR count). The number of rotatable bonds is 6. The molecule has 0 spiro atoms. The Morgan fingerprint density at radius 1 is 1.24 bits per heavy atom. The van der Waals surface area contributed by atoms with Crippen LogP contribution in [-0.4, -0.2) is 6.54 Å². The minimum absolute atomic E-state index is 0.186. The average molecular weight is 312 g/mol.